The third-order valence-corrected chi connectivity index (χ3v) is 6.10. The number of sulfone groups is 1. The Hall–Kier alpha value is -0.880. The number of rotatable bonds is 2. The standard InChI is InChI=1S/C12H19N3O2S/c1-12(3-5-18(16,17)8-12)10-7-14-11(15-10)9-2-4-13-6-9/h7,9,13H,2-6,8H2,1H3,(H,14,15). The molecular weight excluding hydrogens is 250 g/mol. The van der Waals surface area contributed by atoms with Crippen molar-refractivity contribution in [2.24, 2.45) is 0 Å². The zero-order valence-corrected chi connectivity index (χ0v) is 11.4. The first-order valence-electron chi connectivity index (χ1n) is 6.45. The van der Waals surface area contributed by atoms with E-state index in [1.54, 1.807) is 0 Å². The molecular formula is C12H19N3O2S. The third kappa shape index (κ3) is 2.07. The van der Waals surface area contributed by atoms with Crippen LogP contribution in [0.25, 0.3) is 0 Å². The summed E-state index contributed by atoms with van der Waals surface area (Å²) in [6.45, 7) is 4.01. The lowest BCUT2D eigenvalue weighted by Gasteiger charge is -2.19. The van der Waals surface area contributed by atoms with E-state index >= 15 is 0 Å². The summed E-state index contributed by atoms with van der Waals surface area (Å²) in [6.07, 6.45) is 3.62. The Morgan fingerprint density at radius 1 is 1.50 bits per heavy atom. The maximum Gasteiger partial charge on any atom is 0.151 e. The van der Waals surface area contributed by atoms with E-state index in [0.717, 1.165) is 31.0 Å². The van der Waals surface area contributed by atoms with E-state index in [2.05, 4.69) is 15.3 Å². The number of H-pyrrole nitrogens is 1. The van der Waals surface area contributed by atoms with Crippen molar-refractivity contribution in [2.75, 3.05) is 24.6 Å². The smallest absolute Gasteiger partial charge is 0.151 e. The Morgan fingerprint density at radius 2 is 2.33 bits per heavy atom. The number of aromatic amines is 1. The number of hydrogen-bond acceptors (Lipinski definition) is 4. The van der Waals surface area contributed by atoms with Gasteiger partial charge in [0.25, 0.3) is 0 Å². The van der Waals surface area contributed by atoms with Crippen molar-refractivity contribution < 1.29 is 8.42 Å². The zero-order chi connectivity index (χ0) is 12.8. The normalized spacial score (nSPS) is 35.1. The van der Waals surface area contributed by atoms with E-state index in [1.165, 1.54) is 0 Å². The van der Waals surface area contributed by atoms with E-state index in [4.69, 9.17) is 0 Å². The molecule has 0 aliphatic carbocycles. The summed E-state index contributed by atoms with van der Waals surface area (Å²) in [5.74, 6) is 1.98. The highest BCUT2D eigenvalue weighted by molar-refractivity contribution is 7.91. The monoisotopic (exact) mass is 269 g/mol. The molecule has 1 aromatic rings. The fraction of sp³-hybridized carbons (Fsp3) is 0.750. The minimum absolute atomic E-state index is 0.241. The van der Waals surface area contributed by atoms with Gasteiger partial charge in [0.1, 0.15) is 5.82 Å². The molecule has 2 fully saturated rings. The quantitative estimate of drug-likeness (QED) is 0.823. The van der Waals surface area contributed by atoms with Gasteiger partial charge in [-0.05, 0) is 19.4 Å². The molecule has 2 unspecified atom stereocenters. The molecule has 0 bridgehead atoms. The maximum atomic E-state index is 11.6. The van der Waals surface area contributed by atoms with Crippen molar-refractivity contribution in [3.05, 3.63) is 17.7 Å². The summed E-state index contributed by atoms with van der Waals surface area (Å²) in [4.78, 5) is 7.81. The summed E-state index contributed by atoms with van der Waals surface area (Å²) in [5.41, 5.74) is 0.696. The SMILES string of the molecule is CC1(c2cnc(C3CCNC3)[nH]2)CCS(=O)(=O)C1. The molecule has 1 aromatic heterocycles. The molecule has 0 amide bonds. The molecule has 0 saturated carbocycles. The molecule has 3 heterocycles. The van der Waals surface area contributed by atoms with Crippen molar-refractivity contribution in [3.63, 3.8) is 0 Å². The molecule has 2 atom stereocenters. The maximum absolute atomic E-state index is 11.6. The second-order valence-electron chi connectivity index (χ2n) is 5.77. The lowest BCUT2D eigenvalue weighted by Crippen LogP contribution is -2.24. The van der Waals surface area contributed by atoms with Gasteiger partial charge in [-0.15, -0.1) is 0 Å². The fourth-order valence-corrected chi connectivity index (χ4v) is 5.14. The molecule has 0 aromatic carbocycles. The molecule has 5 nitrogen and oxygen atoms in total. The van der Waals surface area contributed by atoms with Gasteiger partial charge in [-0.3, -0.25) is 0 Å². The average molecular weight is 269 g/mol. The minimum atomic E-state index is -2.87. The minimum Gasteiger partial charge on any atom is -0.345 e. The molecule has 6 heteroatoms. The van der Waals surface area contributed by atoms with E-state index in [9.17, 15) is 8.42 Å². The molecule has 2 aliphatic rings. The number of imidazole rings is 1. The third-order valence-electron chi connectivity index (χ3n) is 4.20. The van der Waals surface area contributed by atoms with E-state index < -0.39 is 9.84 Å². The van der Waals surface area contributed by atoms with Gasteiger partial charge >= 0.3 is 0 Å². The number of nitrogens with zero attached hydrogens (tertiary/aromatic N) is 1. The van der Waals surface area contributed by atoms with Crippen LogP contribution in [-0.2, 0) is 15.3 Å². The first-order chi connectivity index (χ1) is 8.49. The van der Waals surface area contributed by atoms with Crippen LogP contribution in [0.2, 0.25) is 0 Å². The van der Waals surface area contributed by atoms with Crippen LogP contribution in [0.5, 0.6) is 0 Å². The molecule has 18 heavy (non-hydrogen) atoms. The molecule has 0 radical (unpaired) electrons. The van der Waals surface area contributed by atoms with E-state index in [-0.39, 0.29) is 11.2 Å². The molecule has 0 spiro atoms. The van der Waals surface area contributed by atoms with E-state index in [1.807, 2.05) is 13.1 Å². The number of nitrogens with one attached hydrogen (secondary N) is 2. The number of aromatic nitrogens is 2. The van der Waals surface area contributed by atoms with Crippen LogP contribution < -0.4 is 5.32 Å². The van der Waals surface area contributed by atoms with Crippen molar-refractivity contribution in [2.45, 2.75) is 31.1 Å². The van der Waals surface area contributed by atoms with Gasteiger partial charge in [-0.2, -0.15) is 0 Å². The predicted octanol–water partition coefficient (Wildman–Crippen LogP) is 0.563. The van der Waals surface area contributed by atoms with Crippen molar-refractivity contribution >= 4 is 9.84 Å². The van der Waals surface area contributed by atoms with Crippen LogP contribution in [0.1, 0.15) is 37.2 Å². The van der Waals surface area contributed by atoms with Crippen LogP contribution in [0.4, 0.5) is 0 Å². The van der Waals surface area contributed by atoms with Crippen molar-refractivity contribution in [3.8, 4) is 0 Å². The highest BCUT2D eigenvalue weighted by Gasteiger charge is 2.41. The van der Waals surface area contributed by atoms with Crippen LogP contribution in [-0.4, -0.2) is 43.0 Å². The van der Waals surface area contributed by atoms with Gasteiger partial charge in [-0.25, -0.2) is 13.4 Å². The summed E-state index contributed by atoms with van der Waals surface area (Å²) in [5, 5.41) is 3.32. The number of hydrogen-bond donors (Lipinski definition) is 2. The van der Waals surface area contributed by atoms with Gasteiger partial charge in [0.15, 0.2) is 9.84 Å². The van der Waals surface area contributed by atoms with Crippen LogP contribution >= 0.6 is 0 Å². The van der Waals surface area contributed by atoms with Crippen molar-refractivity contribution in [1.29, 1.82) is 0 Å². The van der Waals surface area contributed by atoms with Gasteiger partial charge in [0, 0.05) is 29.8 Å². The fourth-order valence-electron chi connectivity index (χ4n) is 2.96. The molecule has 2 N–H and O–H groups in total. The second kappa shape index (κ2) is 4.06. The summed E-state index contributed by atoms with van der Waals surface area (Å²) in [6, 6.07) is 0. The Morgan fingerprint density at radius 3 is 2.94 bits per heavy atom. The summed E-state index contributed by atoms with van der Waals surface area (Å²) < 4.78 is 23.3. The predicted molar refractivity (Wildman–Crippen MR) is 69.4 cm³/mol. The lowest BCUT2D eigenvalue weighted by molar-refractivity contribution is 0.520. The van der Waals surface area contributed by atoms with Gasteiger partial charge in [-0.1, -0.05) is 6.92 Å². The van der Waals surface area contributed by atoms with Gasteiger partial charge < -0.3 is 10.3 Å². The Kier molecular flexibility index (Phi) is 2.75. The van der Waals surface area contributed by atoms with Gasteiger partial charge in [0.05, 0.1) is 11.5 Å². The Bertz CT molecular complexity index is 545. The zero-order valence-electron chi connectivity index (χ0n) is 10.6. The Labute approximate surface area is 107 Å². The molecule has 2 aliphatic heterocycles. The average Bonchev–Trinajstić information content (AvgIpc) is 2.98. The molecule has 3 rings (SSSR count). The molecule has 100 valence electrons. The van der Waals surface area contributed by atoms with Crippen molar-refractivity contribution in [1.82, 2.24) is 15.3 Å². The highest BCUT2D eigenvalue weighted by Crippen LogP contribution is 2.35. The van der Waals surface area contributed by atoms with Crippen LogP contribution in [0, 0.1) is 0 Å². The first kappa shape index (κ1) is 12.2. The van der Waals surface area contributed by atoms with Crippen LogP contribution in [0.3, 0.4) is 0 Å². The largest absolute Gasteiger partial charge is 0.345 e. The Balaban J connectivity index is 1.85. The summed E-state index contributed by atoms with van der Waals surface area (Å²) >= 11 is 0. The van der Waals surface area contributed by atoms with Gasteiger partial charge in [0.2, 0.25) is 0 Å². The van der Waals surface area contributed by atoms with E-state index in [0.29, 0.717) is 18.1 Å². The van der Waals surface area contributed by atoms with Crippen LogP contribution in [0.15, 0.2) is 6.20 Å². The first-order valence-corrected chi connectivity index (χ1v) is 8.27. The second-order valence-corrected chi connectivity index (χ2v) is 7.96. The highest BCUT2D eigenvalue weighted by atomic mass is 32.2. The summed E-state index contributed by atoms with van der Waals surface area (Å²) in [7, 11) is -2.87. The topological polar surface area (TPSA) is 74.8 Å². The molecule has 2 saturated heterocycles. The lowest BCUT2D eigenvalue weighted by atomic mass is 9.87.